The maximum atomic E-state index is 13.4. The number of benzene rings is 1. The molecule has 2 aliphatic carbocycles. The molecular formula is C22H18ClFN4O3. The number of nitrogens with one attached hydrogen (secondary N) is 2. The summed E-state index contributed by atoms with van der Waals surface area (Å²) in [5.74, 6) is -2.49. The lowest BCUT2D eigenvalue weighted by atomic mass is 10.0. The van der Waals surface area contributed by atoms with Crippen LogP contribution in [0.4, 0.5) is 10.1 Å². The van der Waals surface area contributed by atoms with Gasteiger partial charge in [-0.3, -0.25) is 14.4 Å². The van der Waals surface area contributed by atoms with Gasteiger partial charge in [0.05, 0.1) is 27.6 Å². The second-order valence-electron chi connectivity index (χ2n) is 8.55. The molecule has 2 N–H and O–H groups in total. The average molecular weight is 441 g/mol. The summed E-state index contributed by atoms with van der Waals surface area (Å²) in [5, 5.41) is 14.5. The van der Waals surface area contributed by atoms with Crippen LogP contribution in [0, 0.1) is 29.5 Å². The van der Waals surface area contributed by atoms with Crippen LogP contribution >= 0.6 is 11.6 Å². The van der Waals surface area contributed by atoms with Gasteiger partial charge in [-0.15, -0.1) is 0 Å². The van der Waals surface area contributed by atoms with Crippen molar-refractivity contribution >= 4 is 34.9 Å². The van der Waals surface area contributed by atoms with E-state index in [2.05, 4.69) is 16.7 Å². The standard InChI is InChI=1S/C22H18ClFN4O3/c1-11-16(18(29)20(31)27-22-8-21(22,9-22)10-25)15-3-2-6-28(15)17(11)19(30)26-12-4-5-14(24)13(23)7-12/h4-5,7H,2-3,6,8-9H2,1H3,(H,26,30)(H,27,31). The predicted octanol–water partition coefficient (Wildman–Crippen LogP) is 3.14. The lowest BCUT2D eigenvalue weighted by Crippen LogP contribution is -2.37. The highest BCUT2D eigenvalue weighted by molar-refractivity contribution is 6.44. The molecule has 158 valence electrons. The molecule has 3 aliphatic rings. The van der Waals surface area contributed by atoms with Gasteiger partial charge < -0.3 is 15.2 Å². The zero-order valence-electron chi connectivity index (χ0n) is 16.6. The maximum Gasteiger partial charge on any atom is 0.292 e. The van der Waals surface area contributed by atoms with Crippen LogP contribution in [0.2, 0.25) is 5.02 Å². The summed E-state index contributed by atoms with van der Waals surface area (Å²) in [6, 6.07) is 6.06. The second kappa shape index (κ2) is 6.41. The summed E-state index contributed by atoms with van der Waals surface area (Å²) in [7, 11) is 0. The molecular weight excluding hydrogens is 423 g/mol. The van der Waals surface area contributed by atoms with Gasteiger partial charge in [0.2, 0.25) is 0 Å². The van der Waals surface area contributed by atoms with E-state index < -0.39 is 34.4 Å². The van der Waals surface area contributed by atoms with Crippen molar-refractivity contribution in [3.05, 3.63) is 51.6 Å². The minimum Gasteiger partial charge on any atom is -0.342 e. The van der Waals surface area contributed by atoms with Crippen LogP contribution in [0.3, 0.4) is 0 Å². The molecule has 0 bridgehead atoms. The van der Waals surface area contributed by atoms with Gasteiger partial charge in [0.15, 0.2) is 0 Å². The first kappa shape index (κ1) is 19.8. The molecule has 31 heavy (non-hydrogen) atoms. The molecule has 1 aromatic heterocycles. The number of rotatable bonds is 5. The highest BCUT2D eigenvalue weighted by Crippen LogP contribution is 2.78. The van der Waals surface area contributed by atoms with Gasteiger partial charge in [-0.05, 0) is 56.4 Å². The van der Waals surface area contributed by atoms with Crippen LogP contribution in [0.5, 0.6) is 0 Å². The van der Waals surface area contributed by atoms with E-state index in [1.54, 1.807) is 11.5 Å². The van der Waals surface area contributed by atoms with E-state index in [-0.39, 0.29) is 10.6 Å². The minimum atomic E-state index is -0.740. The number of hydrogen-bond donors (Lipinski definition) is 2. The number of amides is 2. The molecule has 5 rings (SSSR count). The number of nitriles is 1. The Balaban J connectivity index is 1.42. The normalized spacial score (nSPS) is 24.6. The highest BCUT2D eigenvalue weighted by Gasteiger charge is 2.85. The van der Waals surface area contributed by atoms with E-state index in [0.29, 0.717) is 48.4 Å². The van der Waals surface area contributed by atoms with Gasteiger partial charge in [0.25, 0.3) is 17.6 Å². The number of carbonyl (C=O) groups excluding carboxylic acids is 3. The molecule has 0 radical (unpaired) electrons. The van der Waals surface area contributed by atoms with Gasteiger partial charge in [0.1, 0.15) is 11.5 Å². The number of ketones is 1. The lowest BCUT2D eigenvalue weighted by molar-refractivity contribution is -0.117. The number of aromatic nitrogens is 1. The van der Waals surface area contributed by atoms with Crippen LogP contribution in [0.1, 0.15) is 51.4 Å². The Morgan fingerprint density at radius 2 is 2.03 bits per heavy atom. The van der Waals surface area contributed by atoms with Crippen molar-refractivity contribution in [3.8, 4) is 6.07 Å². The van der Waals surface area contributed by atoms with Gasteiger partial charge in [-0.25, -0.2) is 4.39 Å². The van der Waals surface area contributed by atoms with Crippen LogP contribution < -0.4 is 10.6 Å². The second-order valence-corrected chi connectivity index (χ2v) is 8.95. The van der Waals surface area contributed by atoms with Crippen molar-refractivity contribution < 1.29 is 18.8 Å². The quantitative estimate of drug-likeness (QED) is 0.550. The van der Waals surface area contributed by atoms with Crippen molar-refractivity contribution in [2.24, 2.45) is 5.41 Å². The van der Waals surface area contributed by atoms with E-state index in [4.69, 9.17) is 16.9 Å². The third-order valence-corrected chi connectivity index (χ3v) is 6.97. The van der Waals surface area contributed by atoms with Crippen LogP contribution in [-0.4, -0.2) is 27.7 Å². The van der Waals surface area contributed by atoms with Gasteiger partial charge in [-0.1, -0.05) is 11.6 Å². The molecule has 0 unspecified atom stereocenters. The molecule has 9 heteroatoms. The Labute approximate surface area is 182 Å². The summed E-state index contributed by atoms with van der Waals surface area (Å²) in [6.07, 6.45) is 2.49. The Morgan fingerprint density at radius 1 is 1.29 bits per heavy atom. The molecule has 1 aliphatic heterocycles. The first-order chi connectivity index (χ1) is 14.7. The van der Waals surface area contributed by atoms with Crippen molar-refractivity contribution in [1.29, 1.82) is 5.26 Å². The van der Waals surface area contributed by atoms with Crippen molar-refractivity contribution in [1.82, 2.24) is 9.88 Å². The minimum absolute atomic E-state index is 0.115. The van der Waals surface area contributed by atoms with Crippen molar-refractivity contribution in [2.75, 3.05) is 5.32 Å². The van der Waals surface area contributed by atoms with E-state index in [1.807, 2.05) is 0 Å². The summed E-state index contributed by atoms with van der Waals surface area (Å²) in [5.41, 5.74) is 0.912. The van der Waals surface area contributed by atoms with Crippen LogP contribution in [0.25, 0.3) is 0 Å². The Morgan fingerprint density at radius 3 is 2.68 bits per heavy atom. The fraction of sp³-hybridized carbons (Fsp3) is 0.364. The van der Waals surface area contributed by atoms with Crippen molar-refractivity contribution in [3.63, 3.8) is 0 Å². The Hall–Kier alpha value is -3.18. The monoisotopic (exact) mass is 440 g/mol. The smallest absolute Gasteiger partial charge is 0.292 e. The van der Waals surface area contributed by atoms with E-state index in [0.717, 1.165) is 12.5 Å². The van der Waals surface area contributed by atoms with Crippen LogP contribution in [0.15, 0.2) is 18.2 Å². The predicted molar refractivity (Wildman–Crippen MR) is 109 cm³/mol. The lowest BCUT2D eigenvalue weighted by Gasteiger charge is -2.09. The van der Waals surface area contributed by atoms with Gasteiger partial charge >= 0.3 is 0 Å². The van der Waals surface area contributed by atoms with Gasteiger partial charge in [0, 0.05) is 17.9 Å². The van der Waals surface area contributed by atoms with E-state index in [1.165, 1.54) is 12.1 Å². The summed E-state index contributed by atoms with van der Waals surface area (Å²) in [6.45, 7) is 2.20. The molecule has 0 saturated heterocycles. The number of carbonyl (C=O) groups is 3. The van der Waals surface area contributed by atoms with Crippen LogP contribution in [-0.2, 0) is 17.8 Å². The SMILES string of the molecule is Cc1c(C(=O)C(=O)NC23CC2(C#N)C3)c2n(c1C(=O)Nc1ccc(F)c(Cl)c1)CCC2. The first-order valence-corrected chi connectivity index (χ1v) is 10.4. The number of halogens is 2. The number of Topliss-reactive ketones (excluding diaryl/α,β-unsaturated/α-hetero) is 1. The molecule has 7 nitrogen and oxygen atoms in total. The molecule has 0 atom stereocenters. The van der Waals surface area contributed by atoms with E-state index in [9.17, 15) is 18.8 Å². The highest BCUT2D eigenvalue weighted by atomic mass is 35.5. The zero-order valence-corrected chi connectivity index (χ0v) is 17.4. The number of fused-ring (bicyclic) bond motifs is 2. The maximum absolute atomic E-state index is 13.4. The van der Waals surface area contributed by atoms with Gasteiger partial charge in [-0.2, -0.15) is 5.26 Å². The number of anilines is 1. The fourth-order valence-electron chi connectivity index (χ4n) is 4.75. The Bertz CT molecular complexity index is 1240. The number of nitrogens with zero attached hydrogens (tertiary/aromatic N) is 2. The fourth-order valence-corrected chi connectivity index (χ4v) is 4.93. The molecule has 0 spiro atoms. The first-order valence-electron chi connectivity index (χ1n) is 9.98. The van der Waals surface area contributed by atoms with Crippen molar-refractivity contribution in [2.45, 2.75) is 44.7 Å². The molecule has 2 amide bonds. The van der Waals surface area contributed by atoms with E-state index >= 15 is 0 Å². The third-order valence-electron chi connectivity index (χ3n) is 6.68. The summed E-state index contributed by atoms with van der Waals surface area (Å²) in [4.78, 5) is 38.7. The molecule has 2 heterocycles. The average Bonchev–Trinajstić information content (AvgIpc) is 3.35. The summed E-state index contributed by atoms with van der Waals surface area (Å²) < 4.78 is 15.2. The largest absolute Gasteiger partial charge is 0.342 e. The Kier molecular flexibility index (Phi) is 4.09. The zero-order chi connectivity index (χ0) is 22.1. The summed E-state index contributed by atoms with van der Waals surface area (Å²) >= 11 is 5.79. The topological polar surface area (TPSA) is 104 Å². The molecule has 2 fully saturated rings. The third kappa shape index (κ3) is 2.80. The number of hydrogen-bond acceptors (Lipinski definition) is 4. The molecule has 1 aromatic carbocycles. The molecule has 2 aromatic rings. The molecule has 2 saturated carbocycles.